The van der Waals surface area contributed by atoms with Gasteiger partial charge in [-0.15, -0.1) is 0 Å². The van der Waals surface area contributed by atoms with Gasteiger partial charge in [0.25, 0.3) is 0 Å². The first-order valence-electron chi connectivity index (χ1n) is 8.07. The minimum atomic E-state index is -0.439. The summed E-state index contributed by atoms with van der Waals surface area (Å²) < 4.78 is 11.3. The number of carbonyl (C=O) groups is 1. The summed E-state index contributed by atoms with van der Waals surface area (Å²) in [5.74, 6) is 1.49. The summed E-state index contributed by atoms with van der Waals surface area (Å²) in [6, 6.07) is 22.6. The molecular formula is C21H17NO3. The summed E-state index contributed by atoms with van der Waals surface area (Å²) in [5, 5.41) is 2.99. The van der Waals surface area contributed by atoms with Crippen LogP contribution in [0.15, 0.2) is 72.8 Å². The Morgan fingerprint density at radius 1 is 0.880 bits per heavy atom. The molecule has 1 N–H and O–H groups in total. The fourth-order valence-corrected chi connectivity index (χ4v) is 3.15. The van der Waals surface area contributed by atoms with Gasteiger partial charge in [0.1, 0.15) is 17.2 Å². The Bertz CT molecular complexity index is 890. The molecule has 1 amide bonds. The second-order valence-electron chi connectivity index (χ2n) is 5.80. The van der Waals surface area contributed by atoms with Crippen LogP contribution in [0.25, 0.3) is 0 Å². The summed E-state index contributed by atoms with van der Waals surface area (Å²) in [4.78, 5) is 13.1. The zero-order chi connectivity index (χ0) is 17.2. The number of fused-ring (bicyclic) bond motifs is 2. The lowest BCUT2D eigenvalue weighted by Gasteiger charge is -2.27. The third kappa shape index (κ3) is 2.72. The van der Waals surface area contributed by atoms with Crippen molar-refractivity contribution < 1.29 is 14.3 Å². The average Bonchev–Trinajstić information content (AvgIpc) is 2.66. The van der Waals surface area contributed by atoms with Gasteiger partial charge in [-0.3, -0.25) is 4.79 Å². The minimum absolute atomic E-state index is 0.118. The molecule has 0 unspecified atom stereocenters. The number of hydrogen-bond acceptors (Lipinski definition) is 3. The molecule has 0 aliphatic carbocycles. The van der Waals surface area contributed by atoms with E-state index in [0.29, 0.717) is 22.9 Å². The van der Waals surface area contributed by atoms with Crippen molar-refractivity contribution in [2.45, 2.75) is 5.92 Å². The fraction of sp³-hybridized carbons (Fsp3) is 0.0952. The van der Waals surface area contributed by atoms with Crippen LogP contribution in [0.1, 0.15) is 17.0 Å². The summed E-state index contributed by atoms with van der Waals surface area (Å²) in [5.41, 5.74) is 2.36. The van der Waals surface area contributed by atoms with Gasteiger partial charge in [0, 0.05) is 11.1 Å². The topological polar surface area (TPSA) is 47.6 Å². The standard InChI is InChI=1S/C21H17NO3/c1-24-19-13-7-4-10-16(19)22-21(23)20-14-8-2-5-11-17(14)25-18-12-6-3-9-15(18)20/h2-13,20H,1H3,(H,22,23). The van der Waals surface area contributed by atoms with Crippen LogP contribution >= 0.6 is 0 Å². The number of methoxy groups -OCH3 is 1. The molecule has 4 heteroatoms. The number of anilines is 1. The summed E-state index contributed by atoms with van der Waals surface area (Å²) >= 11 is 0. The predicted octanol–water partition coefficient (Wildman–Crippen LogP) is 4.57. The molecule has 124 valence electrons. The molecule has 0 spiro atoms. The third-order valence-corrected chi connectivity index (χ3v) is 4.31. The predicted molar refractivity (Wildman–Crippen MR) is 96.4 cm³/mol. The smallest absolute Gasteiger partial charge is 0.236 e. The largest absolute Gasteiger partial charge is 0.495 e. The highest BCUT2D eigenvalue weighted by Gasteiger charge is 2.32. The van der Waals surface area contributed by atoms with E-state index in [4.69, 9.17) is 9.47 Å². The van der Waals surface area contributed by atoms with Gasteiger partial charge in [-0.25, -0.2) is 0 Å². The van der Waals surface area contributed by atoms with Crippen LogP contribution in [0.5, 0.6) is 17.2 Å². The monoisotopic (exact) mass is 331 g/mol. The molecule has 0 bridgehead atoms. The van der Waals surface area contributed by atoms with Gasteiger partial charge in [-0.1, -0.05) is 48.5 Å². The van der Waals surface area contributed by atoms with E-state index in [1.807, 2.05) is 72.8 Å². The molecule has 0 fully saturated rings. The lowest BCUT2D eigenvalue weighted by molar-refractivity contribution is -0.116. The van der Waals surface area contributed by atoms with Crippen LogP contribution in [0.3, 0.4) is 0 Å². The first kappa shape index (κ1) is 15.3. The van der Waals surface area contributed by atoms with Gasteiger partial charge in [0.2, 0.25) is 5.91 Å². The van der Waals surface area contributed by atoms with Crippen LogP contribution in [-0.2, 0) is 4.79 Å². The van der Waals surface area contributed by atoms with Crippen molar-refractivity contribution in [3.8, 4) is 17.2 Å². The van der Waals surface area contributed by atoms with Crippen LogP contribution in [-0.4, -0.2) is 13.0 Å². The molecule has 25 heavy (non-hydrogen) atoms. The minimum Gasteiger partial charge on any atom is -0.495 e. The summed E-state index contributed by atoms with van der Waals surface area (Å²) in [6.45, 7) is 0. The maximum Gasteiger partial charge on any atom is 0.236 e. The maximum atomic E-state index is 13.1. The molecule has 0 aromatic heterocycles. The van der Waals surface area contributed by atoms with Crippen molar-refractivity contribution in [3.05, 3.63) is 83.9 Å². The molecule has 1 heterocycles. The van der Waals surface area contributed by atoms with Gasteiger partial charge < -0.3 is 14.8 Å². The van der Waals surface area contributed by atoms with E-state index in [0.717, 1.165) is 11.1 Å². The molecule has 3 aromatic carbocycles. The van der Waals surface area contributed by atoms with E-state index in [1.165, 1.54) is 0 Å². The van der Waals surface area contributed by atoms with E-state index in [-0.39, 0.29) is 5.91 Å². The lowest BCUT2D eigenvalue weighted by atomic mass is 9.87. The normalized spacial score (nSPS) is 12.5. The van der Waals surface area contributed by atoms with E-state index < -0.39 is 5.92 Å². The molecular weight excluding hydrogens is 314 g/mol. The zero-order valence-electron chi connectivity index (χ0n) is 13.7. The van der Waals surface area contributed by atoms with Gasteiger partial charge in [-0.2, -0.15) is 0 Å². The SMILES string of the molecule is COc1ccccc1NC(=O)C1c2ccccc2Oc2ccccc21. The van der Waals surface area contributed by atoms with Crippen molar-refractivity contribution in [1.29, 1.82) is 0 Å². The molecule has 0 saturated carbocycles. The zero-order valence-corrected chi connectivity index (χ0v) is 13.7. The molecule has 0 radical (unpaired) electrons. The number of rotatable bonds is 3. The highest BCUT2D eigenvalue weighted by Crippen LogP contribution is 2.44. The van der Waals surface area contributed by atoms with E-state index in [2.05, 4.69) is 5.32 Å². The number of hydrogen-bond donors (Lipinski definition) is 1. The van der Waals surface area contributed by atoms with Crippen molar-refractivity contribution in [3.63, 3.8) is 0 Å². The quantitative estimate of drug-likeness (QED) is 0.764. The molecule has 4 rings (SSSR count). The Kier molecular flexibility index (Phi) is 3.86. The number of para-hydroxylation sites is 4. The second-order valence-corrected chi connectivity index (χ2v) is 5.80. The van der Waals surface area contributed by atoms with Crippen LogP contribution in [0.2, 0.25) is 0 Å². The van der Waals surface area contributed by atoms with Crippen LogP contribution in [0.4, 0.5) is 5.69 Å². The third-order valence-electron chi connectivity index (χ3n) is 4.31. The van der Waals surface area contributed by atoms with Crippen LogP contribution in [0, 0.1) is 0 Å². The molecule has 3 aromatic rings. The number of ether oxygens (including phenoxy) is 2. The number of nitrogens with one attached hydrogen (secondary N) is 1. The Morgan fingerprint density at radius 2 is 1.44 bits per heavy atom. The molecule has 4 nitrogen and oxygen atoms in total. The first-order valence-corrected chi connectivity index (χ1v) is 8.07. The molecule has 0 saturated heterocycles. The van der Waals surface area contributed by atoms with Gasteiger partial charge in [0.05, 0.1) is 18.7 Å². The highest BCUT2D eigenvalue weighted by molar-refractivity contribution is 6.00. The maximum absolute atomic E-state index is 13.1. The van der Waals surface area contributed by atoms with Gasteiger partial charge in [0.15, 0.2) is 0 Å². The van der Waals surface area contributed by atoms with E-state index in [9.17, 15) is 4.79 Å². The summed E-state index contributed by atoms with van der Waals surface area (Å²) in [6.07, 6.45) is 0. The Hall–Kier alpha value is -3.27. The lowest BCUT2D eigenvalue weighted by Crippen LogP contribution is -2.25. The number of carbonyl (C=O) groups excluding carboxylic acids is 1. The summed E-state index contributed by atoms with van der Waals surface area (Å²) in [7, 11) is 1.59. The molecule has 1 aliphatic heterocycles. The second kappa shape index (κ2) is 6.32. The van der Waals surface area contributed by atoms with Crippen molar-refractivity contribution in [2.75, 3.05) is 12.4 Å². The first-order chi connectivity index (χ1) is 12.3. The molecule has 0 atom stereocenters. The van der Waals surface area contributed by atoms with Gasteiger partial charge in [-0.05, 0) is 24.3 Å². The number of amides is 1. The van der Waals surface area contributed by atoms with E-state index >= 15 is 0 Å². The Balaban J connectivity index is 1.75. The number of benzene rings is 3. The average molecular weight is 331 g/mol. The van der Waals surface area contributed by atoms with Crippen molar-refractivity contribution in [1.82, 2.24) is 0 Å². The van der Waals surface area contributed by atoms with Crippen molar-refractivity contribution >= 4 is 11.6 Å². The van der Waals surface area contributed by atoms with Crippen molar-refractivity contribution in [2.24, 2.45) is 0 Å². The van der Waals surface area contributed by atoms with Crippen LogP contribution < -0.4 is 14.8 Å². The van der Waals surface area contributed by atoms with E-state index in [1.54, 1.807) is 7.11 Å². The Labute approximate surface area is 146 Å². The Morgan fingerprint density at radius 3 is 2.08 bits per heavy atom. The highest BCUT2D eigenvalue weighted by atomic mass is 16.5. The van der Waals surface area contributed by atoms with Gasteiger partial charge >= 0.3 is 0 Å². The fourth-order valence-electron chi connectivity index (χ4n) is 3.15. The molecule has 1 aliphatic rings.